The molecule has 1 aromatic rings. The quantitative estimate of drug-likeness (QED) is 0.729. The van der Waals surface area contributed by atoms with E-state index >= 15 is 0 Å². The molecule has 1 aliphatic rings. The Hall–Kier alpha value is -2.57. The van der Waals surface area contributed by atoms with Gasteiger partial charge in [-0.25, -0.2) is 4.79 Å². The minimum Gasteiger partial charge on any atom is -0.481 e. The van der Waals surface area contributed by atoms with E-state index < -0.39 is 17.5 Å². The molecular formula is C18H24N2O5. The third-order valence-corrected chi connectivity index (χ3v) is 4.63. The minimum absolute atomic E-state index is 0.0443. The lowest BCUT2D eigenvalue weighted by atomic mass is 9.82. The molecule has 1 aliphatic carbocycles. The Morgan fingerprint density at radius 3 is 2.32 bits per heavy atom. The number of rotatable bonds is 6. The molecule has 0 heterocycles. The SMILES string of the molecule is CCOC(=O)Nc1cccc(NC(=O)CC2(C(=O)O)CCCC2)c1C. The van der Waals surface area contributed by atoms with E-state index in [2.05, 4.69) is 10.6 Å². The predicted molar refractivity (Wildman–Crippen MR) is 93.6 cm³/mol. The van der Waals surface area contributed by atoms with E-state index in [0.29, 0.717) is 29.8 Å². The van der Waals surface area contributed by atoms with E-state index in [1.807, 2.05) is 0 Å². The number of hydrogen-bond acceptors (Lipinski definition) is 4. The Labute approximate surface area is 146 Å². The van der Waals surface area contributed by atoms with Crippen molar-refractivity contribution in [1.82, 2.24) is 0 Å². The standard InChI is InChI=1S/C18H24N2O5/c1-3-25-17(24)20-14-8-6-7-13(12(14)2)19-15(21)11-18(16(22)23)9-4-5-10-18/h6-8H,3-5,9-11H2,1-2H3,(H,19,21)(H,20,24)(H,22,23). The Bertz CT molecular complexity index is 665. The molecule has 7 heteroatoms. The van der Waals surface area contributed by atoms with Crippen molar-refractivity contribution in [3.8, 4) is 0 Å². The van der Waals surface area contributed by atoms with Crippen LogP contribution < -0.4 is 10.6 Å². The number of aliphatic carboxylic acids is 1. The van der Waals surface area contributed by atoms with E-state index in [1.165, 1.54) is 0 Å². The number of amides is 2. The first-order valence-corrected chi connectivity index (χ1v) is 8.44. The number of ether oxygens (including phenoxy) is 1. The van der Waals surface area contributed by atoms with Crippen LogP contribution in [0.15, 0.2) is 18.2 Å². The van der Waals surface area contributed by atoms with Crippen molar-refractivity contribution in [1.29, 1.82) is 0 Å². The van der Waals surface area contributed by atoms with Crippen LogP contribution in [0, 0.1) is 12.3 Å². The molecule has 0 radical (unpaired) electrons. The average molecular weight is 348 g/mol. The van der Waals surface area contributed by atoms with Crippen LogP contribution in [0.4, 0.5) is 16.2 Å². The molecule has 3 N–H and O–H groups in total. The Morgan fingerprint density at radius 2 is 1.76 bits per heavy atom. The highest BCUT2D eigenvalue weighted by molar-refractivity contribution is 5.96. The number of carboxylic acid groups (broad SMARTS) is 1. The minimum atomic E-state index is -0.960. The zero-order valence-corrected chi connectivity index (χ0v) is 14.6. The van der Waals surface area contributed by atoms with Crippen molar-refractivity contribution >= 4 is 29.3 Å². The van der Waals surface area contributed by atoms with Gasteiger partial charge in [0, 0.05) is 17.8 Å². The molecule has 0 aliphatic heterocycles. The van der Waals surface area contributed by atoms with Gasteiger partial charge in [0.2, 0.25) is 5.91 Å². The second-order valence-electron chi connectivity index (χ2n) is 6.34. The molecule has 1 aromatic carbocycles. The molecule has 136 valence electrons. The van der Waals surface area contributed by atoms with Crippen LogP contribution in [0.1, 0.15) is 44.6 Å². The summed E-state index contributed by atoms with van der Waals surface area (Å²) in [6.07, 6.45) is 2.11. The Balaban J connectivity index is 2.08. The molecule has 1 saturated carbocycles. The topological polar surface area (TPSA) is 105 Å². The van der Waals surface area contributed by atoms with Gasteiger partial charge in [-0.05, 0) is 44.4 Å². The van der Waals surface area contributed by atoms with Crippen molar-refractivity contribution < 1.29 is 24.2 Å². The van der Waals surface area contributed by atoms with Gasteiger partial charge in [0.15, 0.2) is 0 Å². The van der Waals surface area contributed by atoms with Gasteiger partial charge < -0.3 is 15.2 Å². The second-order valence-corrected chi connectivity index (χ2v) is 6.34. The lowest BCUT2D eigenvalue weighted by Crippen LogP contribution is -2.32. The summed E-state index contributed by atoms with van der Waals surface area (Å²) in [4.78, 5) is 35.5. The fraction of sp³-hybridized carbons (Fsp3) is 0.500. The van der Waals surface area contributed by atoms with E-state index in [-0.39, 0.29) is 18.9 Å². The fourth-order valence-corrected chi connectivity index (χ4v) is 3.20. The van der Waals surface area contributed by atoms with E-state index in [4.69, 9.17) is 4.74 Å². The number of anilines is 2. The largest absolute Gasteiger partial charge is 0.481 e. The molecule has 25 heavy (non-hydrogen) atoms. The van der Waals surface area contributed by atoms with E-state index in [0.717, 1.165) is 12.8 Å². The normalized spacial score (nSPS) is 15.4. The Morgan fingerprint density at radius 1 is 1.16 bits per heavy atom. The highest BCUT2D eigenvalue weighted by Crippen LogP contribution is 2.41. The van der Waals surface area contributed by atoms with Crippen molar-refractivity contribution in [3.05, 3.63) is 23.8 Å². The van der Waals surface area contributed by atoms with Crippen LogP contribution in [0.25, 0.3) is 0 Å². The molecule has 2 amide bonds. The van der Waals surface area contributed by atoms with Crippen molar-refractivity contribution in [2.75, 3.05) is 17.2 Å². The molecule has 2 rings (SSSR count). The van der Waals surface area contributed by atoms with E-state index in [9.17, 15) is 19.5 Å². The first-order valence-electron chi connectivity index (χ1n) is 8.44. The number of benzene rings is 1. The third kappa shape index (κ3) is 4.49. The van der Waals surface area contributed by atoms with Gasteiger partial charge in [-0.3, -0.25) is 14.9 Å². The summed E-state index contributed by atoms with van der Waals surface area (Å²) in [5.41, 5.74) is 0.793. The predicted octanol–water partition coefficient (Wildman–Crippen LogP) is 3.54. The summed E-state index contributed by atoms with van der Waals surface area (Å²) < 4.78 is 4.85. The lowest BCUT2D eigenvalue weighted by Gasteiger charge is -2.23. The number of hydrogen-bond donors (Lipinski definition) is 3. The summed E-state index contributed by atoms with van der Waals surface area (Å²) in [5.74, 6) is -1.24. The second kappa shape index (κ2) is 8.00. The molecule has 0 bridgehead atoms. The van der Waals surface area contributed by atoms with Gasteiger partial charge in [0.05, 0.1) is 12.0 Å². The molecule has 7 nitrogen and oxygen atoms in total. The first-order chi connectivity index (χ1) is 11.9. The van der Waals surface area contributed by atoms with Gasteiger partial charge in [0.25, 0.3) is 0 Å². The van der Waals surface area contributed by atoms with Crippen LogP contribution in [0.2, 0.25) is 0 Å². The van der Waals surface area contributed by atoms with Gasteiger partial charge in [-0.15, -0.1) is 0 Å². The Kier molecular flexibility index (Phi) is 6.01. The van der Waals surface area contributed by atoms with Gasteiger partial charge in [-0.2, -0.15) is 0 Å². The van der Waals surface area contributed by atoms with Crippen LogP contribution >= 0.6 is 0 Å². The summed E-state index contributed by atoms with van der Waals surface area (Å²) >= 11 is 0. The maximum Gasteiger partial charge on any atom is 0.411 e. The van der Waals surface area contributed by atoms with E-state index in [1.54, 1.807) is 32.0 Å². The summed E-state index contributed by atoms with van der Waals surface area (Å²) in [5, 5.41) is 14.9. The first kappa shape index (κ1) is 18.8. The summed E-state index contributed by atoms with van der Waals surface area (Å²) in [6.45, 7) is 3.74. The van der Waals surface area contributed by atoms with Crippen LogP contribution in [0.3, 0.4) is 0 Å². The number of carboxylic acids is 1. The monoisotopic (exact) mass is 348 g/mol. The highest BCUT2D eigenvalue weighted by Gasteiger charge is 2.43. The van der Waals surface area contributed by atoms with Crippen LogP contribution in [-0.4, -0.2) is 29.7 Å². The van der Waals surface area contributed by atoms with Gasteiger partial charge in [-0.1, -0.05) is 18.9 Å². The maximum atomic E-state index is 12.4. The third-order valence-electron chi connectivity index (χ3n) is 4.63. The molecule has 0 saturated heterocycles. The molecular weight excluding hydrogens is 324 g/mol. The summed E-state index contributed by atoms with van der Waals surface area (Å²) in [7, 11) is 0. The van der Waals surface area contributed by atoms with Gasteiger partial charge in [0.1, 0.15) is 0 Å². The average Bonchev–Trinajstić information content (AvgIpc) is 3.01. The molecule has 1 fully saturated rings. The van der Waals surface area contributed by atoms with Crippen molar-refractivity contribution in [2.24, 2.45) is 5.41 Å². The van der Waals surface area contributed by atoms with Gasteiger partial charge >= 0.3 is 12.1 Å². The molecule has 0 spiro atoms. The zero-order valence-electron chi connectivity index (χ0n) is 14.6. The number of nitrogens with one attached hydrogen (secondary N) is 2. The summed E-state index contributed by atoms with van der Waals surface area (Å²) in [6, 6.07) is 5.12. The molecule has 0 unspecified atom stereocenters. The number of carbonyl (C=O) groups is 3. The number of carbonyl (C=O) groups excluding carboxylic acids is 2. The molecule has 0 atom stereocenters. The smallest absolute Gasteiger partial charge is 0.411 e. The molecule has 0 aromatic heterocycles. The zero-order chi connectivity index (χ0) is 18.4. The maximum absolute atomic E-state index is 12.4. The highest BCUT2D eigenvalue weighted by atomic mass is 16.5. The van der Waals surface area contributed by atoms with Crippen molar-refractivity contribution in [3.63, 3.8) is 0 Å². The van der Waals surface area contributed by atoms with Crippen LogP contribution in [0.5, 0.6) is 0 Å². The lowest BCUT2D eigenvalue weighted by molar-refractivity contribution is -0.150. The van der Waals surface area contributed by atoms with Crippen LogP contribution in [-0.2, 0) is 14.3 Å². The fourth-order valence-electron chi connectivity index (χ4n) is 3.20. The van der Waals surface area contributed by atoms with Crippen molar-refractivity contribution in [2.45, 2.75) is 46.0 Å².